The second-order valence-electron chi connectivity index (χ2n) is 7.20. The van der Waals surface area contributed by atoms with Gasteiger partial charge >= 0.3 is 0 Å². The Morgan fingerprint density at radius 3 is 2.70 bits per heavy atom. The molecule has 2 aliphatic rings. The van der Waals surface area contributed by atoms with Gasteiger partial charge in [0.05, 0.1) is 0 Å². The summed E-state index contributed by atoms with van der Waals surface area (Å²) in [6.07, 6.45) is 6.68. The van der Waals surface area contributed by atoms with Crippen molar-refractivity contribution in [3.63, 3.8) is 0 Å². The van der Waals surface area contributed by atoms with E-state index in [1.54, 1.807) is 0 Å². The van der Waals surface area contributed by atoms with Crippen LogP contribution in [0.5, 0.6) is 0 Å². The third kappa shape index (κ3) is 3.30. The van der Waals surface area contributed by atoms with Crippen molar-refractivity contribution in [3.05, 3.63) is 35.9 Å². The zero-order chi connectivity index (χ0) is 16.2. The maximum atomic E-state index is 13.1. The lowest BCUT2D eigenvalue weighted by Crippen LogP contribution is -2.44. The third-order valence-corrected chi connectivity index (χ3v) is 5.99. The lowest BCUT2D eigenvalue weighted by Gasteiger charge is -2.34. The van der Waals surface area contributed by atoms with Crippen LogP contribution in [0.25, 0.3) is 0 Å². The molecule has 4 atom stereocenters. The number of carbonyl (C=O) groups excluding carboxylic acids is 1. The average molecular weight is 314 g/mol. The number of nitrogens with two attached hydrogens (primary N) is 1. The van der Waals surface area contributed by atoms with E-state index in [-0.39, 0.29) is 5.92 Å². The molecule has 0 spiro atoms. The Morgan fingerprint density at radius 2 is 2.00 bits per heavy atom. The normalized spacial score (nSPS) is 29.0. The maximum absolute atomic E-state index is 13.1. The van der Waals surface area contributed by atoms with Gasteiger partial charge in [-0.25, -0.2) is 0 Å². The molecule has 0 radical (unpaired) electrons. The van der Waals surface area contributed by atoms with Gasteiger partial charge in [-0.1, -0.05) is 43.7 Å². The molecule has 126 valence electrons. The van der Waals surface area contributed by atoms with E-state index in [4.69, 9.17) is 5.73 Å². The topological polar surface area (TPSA) is 46.3 Å². The average Bonchev–Trinajstić information content (AvgIpc) is 3.25. The highest BCUT2D eigenvalue weighted by Crippen LogP contribution is 2.38. The van der Waals surface area contributed by atoms with E-state index < -0.39 is 0 Å². The second-order valence-corrected chi connectivity index (χ2v) is 7.20. The van der Waals surface area contributed by atoms with E-state index >= 15 is 0 Å². The first-order valence-electron chi connectivity index (χ1n) is 9.31. The summed E-state index contributed by atoms with van der Waals surface area (Å²) in [6, 6.07) is 11.1. The van der Waals surface area contributed by atoms with Crippen molar-refractivity contribution in [1.82, 2.24) is 4.90 Å². The molecule has 0 aromatic heterocycles. The molecule has 1 heterocycles. The smallest absolute Gasteiger partial charge is 0.226 e. The minimum Gasteiger partial charge on any atom is -0.339 e. The van der Waals surface area contributed by atoms with Crippen LogP contribution in [-0.2, 0) is 4.79 Å². The molecule has 3 rings (SSSR count). The Hall–Kier alpha value is -1.35. The number of hydrogen-bond donors (Lipinski definition) is 1. The largest absolute Gasteiger partial charge is 0.339 e. The minimum atomic E-state index is 0.175. The number of rotatable bonds is 5. The summed E-state index contributed by atoms with van der Waals surface area (Å²) in [5, 5.41) is 0. The molecule has 2 unspecified atom stereocenters. The zero-order valence-corrected chi connectivity index (χ0v) is 14.3. The van der Waals surface area contributed by atoms with Gasteiger partial charge < -0.3 is 10.6 Å². The standard InChI is InChI=1S/C20H30N2O/c1-2-17(15-8-4-3-5-9-15)19-12-7-13-22(19)20(23)18-11-6-10-16(18)14-21/h3-5,8-9,16-19H,2,6-7,10-14,21H2,1H3/t16-,17?,18-,19?/m1/s1. The summed E-state index contributed by atoms with van der Waals surface area (Å²) in [5.41, 5.74) is 7.28. The van der Waals surface area contributed by atoms with Crippen LogP contribution in [-0.4, -0.2) is 29.9 Å². The Bertz CT molecular complexity index is 516. The first kappa shape index (κ1) is 16.5. The molecule has 3 heteroatoms. The second kappa shape index (κ2) is 7.48. The van der Waals surface area contributed by atoms with E-state index in [9.17, 15) is 4.79 Å². The monoisotopic (exact) mass is 314 g/mol. The van der Waals surface area contributed by atoms with Gasteiger partial charge in [0.2, 0.25) is 5.91 Å². The molecule has 3 nitrogen and oxygen atoms in total. The predicted octanol–water partition coefficient (Wildman–Crippen LogP) is 3.55. The highest BCUT2D eigenvalue weighted by Gasteiger charge is 2.40. The van der Waals surface area contributed by atoms with Crippen molar-refractivity contribution in [2.75, 3.05) is 13.1 Å². The van der Waals surface area contributed by atoms with Gasteiger partial charge in [-0.15, -0.1) is 0 Å². The maximum Gasteiger partial charge on any atom is 0.226 e. The fourth-order valence-corrected chi connectivity index (χ4v) is 4.77. The van der Waals surface area contributed by atoms with Crippen molar-refractivity contribution < 1.29 is 4.79 Å². The first-order valence-corrected chi connectivity index (χ1v) is 9.31. The van der Waals surface area contributed by atoms with Crippen molar-refractivity contribution in [2.45, 2.75) is 57.4 Å². The molecule has 1 saturated heterocycles. The summed E-state index contributed by atoms with van der Waals surface area (Å²) >= 11 is 0. The number of likely N-dealkylation sites (tertiary alicyclic amines) is 1. The van der Waals surface area contributed by atoms with Gasteiger partial charge in [0.15, 0.2) is 0 Å². The van der Waals surface area contributed by atoms with Crippen molar-refractivity contribution in [2.24, 2.45) is 17.6 Å². The molecular formula is C20H30N2O. The Kier molecular flexibility index (Phi) is 5.37. The highest BCUT2D eigenvalue weighted by atomic mass is 16.2. The number of nitrogens with zero attached hydrogens (tertiary/aromatic N) is 1. The molecule has 1 amide bonds. The van der Waals surface area contributed by atoms with Crippen LogP contribution in [0, 0.1) is 11.8 Å². The third-order valence-electron chi connectivity index (χ3n) is 5.99. The van der Waals surface area contributed by atoms with Gasteiger partial charge in [0.25, 0.3) is 0 Å². The van der Waals surface area contributed by atoms with Crippen LogP contribution >= 0.6 is 0 Å². The fraction of sp³-hybridized carbons (Fsp3) is 0.650. The number of carbonyl (C=O) groups is 1. The van der Waals surface area contributed by atoms with E-state index in [2.05, 4.69) is 42.2 Å². The molecular weight excluding hydrogens is 284 g/mol. The summed E-state index contributed by atoms with van der Waals surface area (Å²) in [7, 11) is 0. The van der Waals surface area contributed by atoms with Crippen LogP contribution in [0.4, 0.5) is 0 Å². The van der Waals surface area contributed by atoms with Gasteiger partial charge in [-0.05, 0) is 50.1 Å². The molecule has 1 aliphatic heterocycles. The Labute approximate surface area is 140 Å². The molecule has 1 aromatic carbocycles. The molecule has 2 N–H and O–H groups in total. The number of amides is 1. The number of hydrogen-bond acceptors (Lipinski definition) is 2. The molecule has 0 bridgehead atoms. The van der Waals surface area contributed by atoms with E-state index in [0.29, 0.717) is 30.3 Å². The van der Waals surface area contributed by atoms with Gasteiger partial charge in [-0.2, -0.15) is 0 Å². The molecule has 23 heavy (non-hydrogen) atoms. The summed E-state index contributed by atoms with van der Waals surface area (Å²) in [6.45, 7) is 3.84. The predicted molar refractivity (Wildman–Crippen MR) is 94.1 cm³/mol. The van der Waals surface area contributed by atoms with E-state index in [0.717, 1.165) is 45.1 Å². The van der Waals surface area contributed by atoms with E-state index in [1.807, 2.05) is 0 Å². The molecule has 2 fully saturated rings. The van der Waals surface area contributed by atoms with Crippen LogP contribution in [0.1, 0.15) is 56.9 Å². The summed E-state index contributed by atoms with van der Waals surface area (Å²) < 4.78 is 0. The van der Waals surface area contributed by atoms with Crippen LogP contribution in [0.3, 0.4) is 0 Å². The molecule has 1 aliphatic carbocycles. The number of benzene rings is 1. The van der Waals surface area contributed by atoms with E-state index in [1.165, 1.54) is 5.56 Å². The SMILES string of the molecule is CCC(c1ccccc1)C1CCCN1C(=O)[C@@H]1CCC[C@@H]1CN. The minimum absolute atomic E-state index is 0.175. The molecule has 1 aromatic rings. The first-order chi connectivity index (χ1) is 11.3. The van der Waals surface area contributed by atoms with Gasteiger partial charge in [0.1, 0.15) is 0 Å². The van der Waals surface area contributed by atoms with Gasteiger partial charge in [0, 0.05) is 24.4 Å². The summed E-state index contributed by atoms with van der Waals surface area (Å²) in [4.78, 5) is 15.4. The van der Waals surface area contributed by atoms with Crippen molar-refractivity contribution in [3.8, 4) is 0 Å². The van der Waals surface area contributed by atoms with Crippen LogP contribution in [0.2, 0.25) is 0 Å². The Morgan fingerprint density at radius 1 is 1.22 bits per heavy atom. The van der Waals surface area contributed by atoms with Crippen molar-refractivity contribution in [1.29, 1.82) is 0 Å². The lowest BCUT2D eigenvalue weighted by molar-refractivity contribution is -0.137. The zero-order valence-electron chi connectivity index (χ0n) is 14.3. The van der Waals surface area contributed by atoms with Crippen LogP contribution in [0.15, 0.2) is 30.3 Å². The quantitative estimate of drug-likeness (QED) is 0.903. The van der Waals surface area contributed by atoms with Gasteiger partial charge in [-0.3, -0.25) is 4.79 Å². The lowest BCUT2D eigenvalue weighted by atomic mass is 9.86. The van der Waals surface area contributed by atoms with Crippen LogP contribution < -0.4 is 5.73 Å². The Balaban J connectivity index is 1.78. The summed E-state index contributed by atoms with van der Waals surface area (Å²) in [5.74, 6) is 1.42. The fourth-order valence-electron chi connectivity index (χ4n) is 4.77. The highest BCUT2D eigenvalue weighted by molar-refractivity contribution is 5.80. The molecule has 1 saturated carbocycles. The van der Waals surface area contributed by atoms with Crippen molar-refractivity contribution >= 4 is 5.91 Å².